The van der Waals surface area contributed by atoms with Gasteiger partial charge in [0.15, 0.2) is 29.7 Å². The van der Waals surface area contributed by atoms with Crippen molar-refractivity contribution in [3.05, 3.63) is 59.2 Å². The quantitative estimate of drug-likeness (QED) is 0.582. The highest BCUT2D eigenvalue weighted by Gasteiger charge is 2.22. The van der Waals surface area contributed by atoms with Crippen LogP contribution < -0.4 is 20.1 Å². The lowest BCUT2D eigenvalue weighted by Crippen LogP contribution is -2.44. The lowest BCUT2D eigenvalue weighted by Gasteiger charge is -2.32. The zero-order chi connectivity index (χ0) is 24.7. The number of amides is 2. The molecule has 9 heteroatoms. The molecule has 0 bridgehead atoms. The van der Waals surface area contributed by atoms with Gasteiger partial charge in [-0.2, -0.15) is 0 Å². The molecule has 2 aromatic carbocycles. The van der Waals surface area contributed by atoms with Crippen molar-refractivity contribution in [3.63, 3.8) is 0 Å². The average molecular weight is 476 g/mol. The number of carbonyl (C=O) groups is 2. The molecule has 0 radical (unpaired) electrons. The minimum absolute atomic E-state index is 0.00959. The van der Waals surface area contributed by atoms with Crippen LogP contribution in [-0.4, -0.2) is 55.6 Å². The molecule has 0 atom stereocenters. The number of rotatable bonds is 9. The topological polar surface area (TPSA) is 79.9 Å². The molecule has 34 heavy (non-hydrogen) atoms. The normalized spacial score (nSPS) is 14.6. The van der Waals surface area contributed by atoms with Crippen molar-refractivity contribution in [1.82, 2.24) is 15.5 Å². The van der Waals surface area contributed by atoms with Gasteiger partial charge in [0, 0.05) is 37.3 Å². The summed E-state index contributed by atoms with van der Waals surface area (Å²) in [4.78, 5) is 26.7. The third kappa shape index (κ3) is 7.15. The van der Waals surface area contributed by atoms with Gasteiger partial charge in [-0.15, -0.1) is 0 Å². The Hall–Kier alpha value is -3.20. The highest BCUT2D eigenvalue weighted by Crippen LogP contribution is 2.28. The maximum Gasteiger partial charge on any atom is 0.258 e. The number of likely N-dealkylation sites (tertiary alicyclic amines) is 1. The molecular weight excluding hydrogens is 444 g/mol. The molecule has 1 saturated heterocycles. The molecular formula is C25H31F2N3O4. The van der Waals surface area contributed by atoms with Gasteiger partial charge in [0.2, 0.25) is 0 Å². The molecule has 0 saturated carbocycles. The summed E-state index contributed by atoms with van der Waals surface area (Å²) in [6.07, 6.45) is 1.50. The Morgan fingerprint density at radius 2 is 1.79 bits per heavy atom. The largest absolute Gasteiger partial charge is 0.493 e. The van der Waals surface area contributed by atoms with Gasteiger partial charge in [0.1, 0.15) is 0 Å². The van der Waals surface area contributed by atoms with E-state index >= 15 is 0 Å². The van der Waals surface area contributed by atoms with Gasteiger partial charge >= 0.3 is 0 Å². The third-order valence-electron chi connectivity index (χ3n) is 5.55. The predicted octanol–water partition coefficient (Wildman–Crippen LogP) is 3.27. The van der Waals surface area contributed by atoms with Gasteiger partial charge in [-0.3, -0.25) is 14.5 Å². The van der Waals surface area contributed by atoms with E-state index in [4.69, 9.17) is 9.47 Å². The van der Waals surface area contributed by atoms with Crippen LogP contribution >= 0.6 is 0 Å². The number of benzene rings is 2. The number of carbonyl (C=O) groups excluding carboxylic acids is 2. The first-order chi connectivity index (χ1) is 16.2. The molecule has 1 aliphatic rings. The molecule has 2 amide bonds. The Kier molecular flexibility index (Phi) is 8.81. The zero-order valence-corrected chi connectivity index (χ0v) is 19.7. The van der Waals surface area contributed by atoms with Crippen LogP contribution in [0.3, 0.4) is 0 Å². The van der Waals surface area contributed by atoms with E-state index in [1.54, 1.807) is 24.3 Å². The fourth-order valence-electron chi connectivity index (χ4n) is 3.84. The molecule has 2 N–H and O–H groups in total. The van der Waals surface area contributed by atoms with Crippen LogP contribution in [0, 0.1) is 11.6 Å². The van der Waals surface area contributed by atoms with Crippen LogP contribution in [0.15, 0.2) is 36.4 Å². The molecule has 184 valence electrons. The number of piperidine rings is 1. The van der Waals surface area contributed by atoms with E-state index in [-0.39, 0.29) is 30.5 Å². The van der Waals surface area contributed by atoms with E-state index in [1.807, 2.05) is 13.8 Å². The number of methoxy groups -OCH3 is 1. The van der Waals surface area contributed by atoms with Gasteiger partial charge in [-0.25, -0.2) is 8.78 Å². The minimum atomic E-state index is -0.849. The van der Waals surface area contributed by atoms with E-state index in [0.29, 0.717) is 23.6 Å². The van der Waals surface area contributed by atoms with Crippen molar-refractivity contribution in [2.75, 3.05) is 26.8 Å². The molecule has 0 aromatic heterocycles. The van der Waals surface area contributed by atoms with Gasteiger partial charge in [0.05, 0.1) is 7.11 Å². The van der Waals surface area contributed by atoms with Crippen molar-refractivity contribution in [2.45, 2.75) is 45.3 Å². The Labute approximate surface area is 198 Å². The maximum absolute atomic E-state index is 13.4. The molecule has 0 unspecified atom stereocenters. The SMILES string of the molecule is COc1cc(C(=O)NC2CCN(Cc3ccc(F)c(F)c3)CC2)ccc1OCC(=O)NC(C)C. The van der Waals surface area contributed by atoms with E-state index in [2.05, 4.69) is 15.5 Å². The van der Waals surface area contributed by atoms with Crippen LogP contribution in [0.5, 0.6) is 11.5 Å². The average Bonchev–Trinajstić information content (AvgIpc) is 2.80. The predicted molar refractivity (Wildman–Crippen MR) is 124 cm³/mol. The Balaban J connectivity index is 1.50. The number of nitrogens with one attached hydrogen (secondary N) is 2. The third-order valence-corrected chi connectivity index (χ3v) is 5.55. The van der Waals surface area contributed by atoms with Gasteiger partial charge in [0.25, 0.3) is 11.8 Å². The Morgan fingerprint density at radius 1 is 1.06 bits per heavy atom. The fourth-order valence-corrected chi connectivity index (χ4v) is 3.84. The molecule has 0 aliphatic carbocycles. The van der Waals surface area contributed by atoms with Crippen LogP contribution in [0.2, 0.25) is 0 Å². The highest BCUT2D eigenvalue weighted by atomic mass is 19.2. The summed E-state index contributed by atoms with van der Waals surface area (Å²) in [5, 5.41) is 5.79. The second-order valence-corrected chi connectivity index (χ2v) is 8.65. The van der Waals surface area contributed by atoms with E-state index in [9.17, 15) is 18.4 Å². The molecule has 1 fully saturated rings. The van der Waals surface area contributed by atoms with Crippen molar-refractivity contribution < 1.29 is 27.8 Å². The number of nitrogens with zero attached hydrogens (tertiary/aromatic N) is 1. The Bertz CT molecular complexity index is 1010. The van der Waals surface area contributed by atoms with Crippen molar-refractivity contribution in [1.29, 1.82) is 0 Å². The summed E-state index contributed by atoms with van der Waals surface area (Å²) in [5.41, 5.74) is 1.15. The lowest BCUT2D eigenvalue weighted by atomic mass is 10.0. The van der Waals surface area contributed by atoms with Crippen LogP contribution in [0.1, 0.15) is 42.6 Å². The molecule has 3 rings (SSSR count). The molecule has 7 nitrogen and oxygen atoms in total. The maximum atomic E-state index is 13.4. The molecule has 2 aromatic rings. The highest BCUT2D eigenvalue weighted by molar-refractivity contribution is 5.95. The Morgan fingerprint density at radius 3 is 2.44 bits per heavy atom. The first-order valence-electron chi connectivity index (χ1n) is 11.3. The molecule has 0 spiro atoms. The summed E-state index contributed by atoms with van der Waals surface area (Å²) in [6.45, 7) is 5.58. The van der Waals surface area contributed by atoms with E-state index < -0.39 is 11.6 Å². The summed E-state index contributed by atoms with van der Waals surface area (Å²) in [7, 11) is 1.47. The lowest BCUT2D eigenvalue weighted by molar-refractivity contribution is -0.123. The van der Waals surface area contributed by atoms with Crippen LogP contribution in [0.25, 0.3) is 0 Å². The summed E-state index contributed by atoms with van der Waals surface area (Å²) in [5.74, 6) is -1.41. The standard InChI is InChI=1S/C25H31F2N3O4/c1-16(2)28-24(31)15-34-22-7-5-18(13-23(22)33-3)25(32)29-19-8-10-30(11-9-19)14-17-4-6-20(26)21(27)12-17/h4-7,12-13,16,19H,8-11,14-15H2,1-3H3,(H,28,31)(H,29,32). The first-order valence-corrected chi connectivity index (χ1v) is 11.3. The second kappa shape index (κ2) is 11.8. The van der Waals surface area contributed by atoms with Crippen molar-refractivity contribution in [3.8, 4) is 11.5 Å². The summed E-state index contributed by atoms with van der Waals surface area (Å²) < 4.78 is 37.4. The number of hydrogen-bond acceptors (Lipinski definition) is 5. The summed E-state index contributed by atoms with van der Waals surface area (Å²) >= 11 is 0. The number of hydrogen-bond donors (Lipinski definition) is 2. The monoisotopic (exact) mass is 475 g/mol. The molecule has 1 heterocycles. The van der Waals surface area contributed by atoms with E-state index in [1.165, 1.54) is 13.2 Å². The van der Waals surface area contributed by atoms with Crippen LogP contribution in [0.4, 0.5) is 8.78 Å². The van der Waals surface area contributed by atoms with E-state index in [0.717, 1.165) is 37.6 Å². The minimum Gasteiger partial charge on any atom is -0.493 e. The van der Waals surface area contributed by atoms with Crippen molar-refractivity contribution in [2.24, 2.45) is 0 Å². The second-order valence-electron chi connectivity index (χ2n) is 8.65. The van der Waals surface area contributed by atoms with Crippen LogP contribution in [-0.2, 0) is 11.3 Å². The zero-order valence-electron chi connectivity index (χ0n) is 19.7. The molecule has 1 aliphatic heterocycles. The van der Waals surface area contributed by atoms with Gasteiger partial charge < -0.3 is 20.1 Å². The van der Waals surface area contributed by atoms with Gasteiger partial charge in [-0.1, -0.05) is 6.07 Å². The number of halogens is 2. The fraction of sp³-hybridized carbons (Fsp3) is 0.440. The number of ether oxygens (including phenoxy) is 2. The smallest absolute Gasteiger partial charge is 0.258 e. The van der Waals surface area contributed by atoms with Gasteiger partial charge in [-0.05, 0) is 62.6 Å². The van der Waals surface area contributed by atoms with Crippen molar-refractivity contribution >= 4 is 11.8 Å². The first kappa shape index (κ1) is 25.4. The summed E-state index contributed by atoms with van der Waals surface area (Å²) in [6, 6.07) is 8.81.